The fraction of sp³-hybridized carbons (Fsp3) is 0.923. The molecule has 0 aliphatic carbocycles. The van der Waals surface area contributed by atoms with E-state index in [1.54, 1.807) is 0 Å². The van der Waals surface area contributed by atoms with Crippen molar-refractivity contribution in [3.05, 3.63) is 0 Å². The average molecular weight is 242 g/mol. The summed E-state index contributed by atoms with van der Waals surface area (Å²) in [7, 11) is 0. The third-order valence-corrected chi connectivity index (χ3v) is 3.12. The number of carbonyl (C=O) groups excluding carboxylic acids is 1. The molecule has 1 aliphatic heterocycles. The molecule has 0 spiro atoms. The molecule has 0 bridgehead atoms. The second-order valence-corrected chi connectivity index (χ2v) is 5.56. The number of nitrogens with two attached hydrogens (primary N) is 1. The maximum absolute atomic E-state index is 12.3. The zero-order valence-corrected chi connectivity index (χ0v) is 11.5. The molecule has 2 N–H and O–H groups in total. The van der Waals surface area contributed by atoms with E-state index in [9.17, 15) is 4.79 Å². The topological polar surface area (TPSA) is 55.6 Å². The molecule has 0 aromatic heterocycles. The van der Waals surface area contributed by atoms with E-state index in [2.05, 4.69) is 13.8 Å². The molecule has 3 atom stereocenters. The molecule has 1 fully saturated rings. The van der Waals surface area contributed by atoms with Gasteiger partial charge in [0.1, 0.15) is 0 Å². The van der Waals surface area contributed by atoms with Crippen molar-refractivity contribution in [1.82, 2.24) is 4.90 Å². The average Bonchev–Trinajstić information content (AvgIpc) is 2.23. The zero-order valence-electron chi connectivity index (χ0n) is 11.5. The van der Waals surface area contributed by atoms with Crippen LogP contribution in [-0.2, 0) is 9.53 Å². The molecule has 4 heteroatoms. The van der Waals surface area contributed by atoms with Gasteiger partial charge in [0.15, 0.2) is 0 Å². The number of carbonyl (C=O) groups is 1. The van der Waals surface area contributed by atoms with Gasteiger partial charge in [0.05, 0.1) is 18.1 Å². The maximum atomic E-state index is 12.3. The molecule has 0 aromatic rings. The standard InChI is InChI=1S/C13H26N2O2/c1-9(2)5-12(6-14)13(16)15-7-10(3)17-11(4)8-15/h9-12H,5-8,14H2,1-4H3. The molecule has 17 heavy (non-hydrogen) atoms. The lowest BCUT2D eigenvalue weighted by atomic mass is 9.95. The first-order chi connectivity index (χ1) is 7.93. The van der Waals surface area contributed by atoms with E-state index in [1.165, 1.54) is 0 Å². The van der Waals surface area contributed by atoms with Gasteiger partial charge in [0, 0.05) is 19.6 Å². The van der Waals surface area contributed by atoms with Crippen LogP contribution in [0.25, 0.3) is 0 Å². The number of ether oxygens (including phenoxy) is 1. The SMILES string of the molecule is CC(C)CC(CN)C(=O)N1CC(C)OC(C)C1. The number of hydrogen-bond acceptors (Lipinski definition) is 3. The smallest absolute Gasteiger partial charge is 0.227 e. The molecule has 1 heterocycles. The molecule has 1 saturated heterocycles. The summed E-state index contributed by atoms with van der Waals surface area (Å²) in [5, 5.41) is 0. The van der Waals surface area contributed by atoms with Crippen molar-refractivity contribution in [2.75, 3.05) is 19.6 Å². The molecule has 100 valence electrons. The van der Waals surface area contributed by atoms with Gasteiger partial charge in [-0.1, -0.05) is 13.8 Å². The first kappa shape index (κ1) is 14.5. The number of rotatable bonds is 4. The Bertz CT molecular complexity index is 246. The van der Waals surface area contributed by atoms with Crippen LogP contribution in [0, 0.1) is 11.8 Å². The van der Waals surface area contributed by atoms with Crippen molar-refractivity contribution >= 4 is 5.91 Å². The van der Waals surface area contributed by atoms with Gasteiger partial charge in [0.2, 0.25) is 5.91 Å². The summed E-state index contributed by atoms with van der Waals surface area (Å²) in [5.74, 6) is 0.666. The van der Waals surface area contributed by atoms with Crippen LogP contribution in [0.4, 0.5) is 0 Å². The highest BCUT2D eigenvalue weighted by Gasteiger charge is 2.30. The van der Waals surface area contributed by atoms with Crippen LogP contribution in [0.15, 0.2) is 0 Å². The number of hydrogen-bond donors (Lipinski definition) is 1. The molecule has 0 saturated carbocycles. The molecule has 1 aliphatic rings. The second-order valence-electron chi connectivity index (χ2n) is 5.56. The lowest BCUT2D eigenvalue weighted by Crippen LogP contribution is -2.51. The molecular weight excluding hydrogens is 216 g/mol. The fourth-order valence-corrected chi connectivity index (χ4v) is 2.48. The Labute approximate surface area is 104 Å². The lowest BCUT2D eigenvalue weighted by Gasteiger charge is -2.37. The highest BCUT2D eigenvalue weighted by Crippen LogP contribution is 2.17. The molecule has 0 radical (unpaired) electrons. The van der Waals surface area contributed by atoms with Crippen molar-refractivity contribution in [3.8, 4) is 0 Å². The van der Waals surface area contributed by atoms with Crippen LogP contribution < -0.4 is 5.73 Å². The van der Waals surface area contributed by atoms with Gasteiger partial charge in [-0.2, -0.15) is 0 Å². The molecule has 3 unspecified atom stereocenters. The van der Waals surface area contributed by atoms with Crippen LogP contribution >= 0.6 is 0 Å². The molecule has 4 nitrogen and oxygen atoms in total. The molecule has 1 rings (SSSR count). The van der Waals surface area contributed by atoms with Crippen molar-refractivity contribution in [1.29, 1.82) is 0 Å². The summed E-state index contributed by atoms with van der Waals surface area (Å²) < 4.78 is 5.64. The Kier molecular flexibility index (Phi) is 5.40. The van der Waals surface area contributed by atoms with Gasteiger partial charge in [-0.25, -0.2) is 0 Å². The van der Waals surface area contributed by atoms with E-state index in [4.69, 9.17) is 10.5 Å². The van der Waals surface area contributed by atoms with Crippen molar-refractivity contribution < 1.29 is 9.53 Å². The Morgan fingerprint density at radius 3 is 2.29 bits per heavy atom. The molecular formula is C13H26N2O2. The van der Waals surface area contributed by atoms with Gasteiger partial charge in [-0.05, 0) is 26.2 Å². The van der Waals surface area contributed by atoms with Crippen LogP contribution in [-0.4, -0.2) is 42.6 Å². The summed E-state index contributed by atoms with van der Waals surface area (Å²) >= 11 is 0. The van der Waals surface area contributed by atoms with E-state index in [0.717, 1.165) is 6.42 Å². The number of nitrogens with zero attached hydrogens (tertiary/aromatic N) is 1. The summed E-state index contributed by atoms with van der Waals surface area (Å²) in [6, 6.07) is 0. The quantitative estimate of drug-likeness (QED) is 0.807. The van der Waals surface area contributed by atoms with E-state index in [-0.39, 0.29) is 24.0 Å². The van der Waals surface area contributed by atoms with Crippen LogP contribution in [0.5, 0.6) is 0 Å². The van der Waals surface area contributed by atoms with Crippen LogP contribution in [0.3, 0.4) is 0 Å². The summed E-state index contributed by atoms with van der Waals surface area (Å²) in [4.78, 5) is 14.3. The first-order valence-electron chi connectivity index (χ1n) is 6.58. The number of morpholine rings is 1. The predicted molar refractivity (Wildman–Crippen MR) is 68.6 cm³/mol. The van der Waals surface area contributed by atoms with Crippen molar-refractivity contribution in [2.24, 2.45) is 17.6 Å². The summed E-state index contributed by atoms with van der Waals surface area (Å²) in [6.45, 7) is 10.1. The summed E-state index contributed by atoms with van der Waals surface area (Å²) in [5.41, 5.74) is 5.72. The maximum Gasteiger partial charge on any atom is 0.227 e. The highest BCUT2D eigenvalue weighted by atomic mass is 16.5. The van der Waals surface area contributed by atoms with Crippen LogP contribution in [0.2, 0.25) is 0 Å². The van der Waals surface area contributed by atoms with Crippen molar-refractivity contribution in [2.45, 2.75) is 46.3 Å². The van der Waals surface area contributed by atoms with E-state index in [0.29, 0.717) is 25.6 Å². The minimum atomic E-state index is -0.0347. The second kappa shape index (κ2) is 6.36. The van der Waals surface area contributed by atoms with Crippen LogP contribution in [0.1, 0.15) is 34.1 Å². The van der Waals surface area contributed by atoms with E-state index in [1.807, 2.05) is 18.7 Å². The van der Waals surface area contributed by atoms with Gasteiger partial charge in [-0.3, -0.25) is 4.79 Å². The lowest BCUT2D eigenvalue weighted by molar-refractivity contribution is -0.147. The van der Waals surface area contributed by atoms with Gasteiger partial charge < -0.3 is 15.4 Å². The first-order valence-corrected chi connectivity index (χ1v) is 6.58. The Morgan fingerprint density at radius 1 is 1.35 bits per heavy atom. The van der Waals surface area contributed by atoms with E-state index >= 15 is 0 Å². The largest absolute Gasteiger partial charge is 0.372 e. The molecule has 0 aromatic carbocycles. The highest BCUT2D eigenvalue weighted by molar-refractivity contribution is 5.79. The zero-order chi connectivity index (χ0) is 13.0. The normalized spacial score (nSPS) is 27.3. The van der Waals surface area contributed by atoms with E-state index < -0.39 is 0 Å². The number of amides is 1. The Morgan fingerprint density at radius 2 is 1.88 bits per heavy atom. The van der Waals surface area contributed by atoms with Crippen molar-refractivity contribution in [3.63, 3.8) is 0 Å². The Balaban J connectivity index is 2.60. The van der Waals surface area contributed by atoms with Gasteiger partial charge in [-0.15, -0.1) is 0 Å². The third-order valence-electron chi connectivity index (χ3n) is 3.12. The van der Waals surface area contributed by atoms with Gasteiger partial charge in [0.25, 0.3) is 0 Å². The predicted octanol–water partition coefficient (Wildman–Crippen LogP) is 1.24. The molecule has 1 amide bonds. The minimum Gasteiger partial charge on any atom is -0.372 e. The third kappa shape index (κ3) is 4.28. The minimum absolute atomic E-state index is 0.0347. The van der Waals surface area contributed by atoms with Gasteiger partial charge >= 0.3 is 0 Å². The monoisotopic (exact) mass is 242 g/mol. The fourth-order valence-electron chi connectivity index (χ4n) is 2.48. The Hall–Kier alpha value is -0.610. The summed E-state index contributed by atoms with van der Waals surface area (Å²) in [6.07, 6.45) is 1.12.